The van der Waals surface area contributed by atoms with Crippen LogP contribution < -0.4 is 0 Å². The quantitative estimate of drug-likeness (QED) is 0.556. The lowest BCUT2D eigenvalue weighted by Gasteiger charge is -2.01. The van der Waals surface area contributed by atoms with Crippen molar-refractivity contribution in [1.29, 1.82) is 0 Å². The molecular formula is C8H7ClO2S. The molecule has 0 aromatic carbocycles. The number of rotatable bonds is 3. The van der Waals surface area contributed by atoms with E-state index in [0.29, 0.717) is 0 Å². The highest BCUT2D eigenvalue weighted by molar-refractivity contribution is 7.10. The first-order valence-electron chi connectivity index (χ1n) is 3.35. The minimum atomic E-state index is -0.803. The molecule has 0 saturated carbocycles. The molecule has 0 amide bonds. The maximum atomic E-state index is 11.1. The van der Waals surface area contributed by atoms with Gasteiger partial charge in [0.25, 0.3) is 0 Å². The number of ketones is 2. The van der Waals surface area contributed by atoms with Crippen molar-refractivity contribution in [2.24, 2.45) is 0 Å². The molecule has 1 heterocycles. The number of Topliss-reactive ketones (excluding diaryl/α,β-unsaturated/α-hetero) is 2. The molecule has 0 spiro atoms. The topological polar surface area (TPSA) is 34.1 Å². The van der Waals surface area contributed by atoms with Gasteiger partial charge in [0.15, 0.2) is 5.78 Å². The summed E-state index contributed by atoms with van der Waals surface area (Å²) in [5, 5.41) is 1.01. The normalized spacial score (nSPS) is 12.5. The summed E-state index contributed by atoms with van der Waals surface area (Å²) in [6.45, 7) is 1.23. The van der Waals surface area contributed by atoms with Gasteiger partial charge in [-0.3, -0.25) is 9.59 Å². The highest BCUT2D eigenvalue weighted by Crippen LogP contribution is 2.25. The van der Waals surface area contributed by atoms with E-state index >= 15 is 0 Å². The summed E-state index contributed by atoms with van der Waals surface area (Å²) in [7, 11) is 0. The molecule has 0 aliphatic carbocycles. The van der Waals surface area contributed by atoms with Crippen LogP contribution in [0.4, 0.5) is 0 Å². The summed E-state index contributed by atoms with van der Waals surface area (Å²) >= 11 is 7.10. The highest BCUT2D eigenvalue weighted by Gasteiger charge is 2.21. The van der Waals surface area contributed by atoms with Crippen LogP contribution in [0.25, 0.3) is 0 Å². The molecule has 0 bridgehead atoms. The zero-order chi connectivity index (χ0) is 9.14. The van der Waals surface area contributed by atoms with Crippen LogP contribution in [0, 0.1) is 0 Å². The first kappa shape index (κ1) is 9.42. The zero-order valence-electron chi connectivity index (χ0n) is 6.41. The van der Waals surface area contributed by atoms with Gasteiger partial charge in [-0.05, 0) is 11.4 Å². The molecule has 0 aliphatic heterocycles. The molecule has 1 rings (SSSR count). The van der Waals surface area contributed by atoms with Gasteiger partial charge in [0.1, 0.15) is 5.38 Å². The molecule has 0 N–H and O–H groups in total. The predicted octanol–water partition coefficient (Wildman–Crippen LogP) is 2.19. The number of thiophene rings is 1. The van der Waals surface area contributed by atoms with Gasteiger partial charge >= 0.3 is 0 Å². The molecule has 1 atom stereocenters. The first-order chi connectivity index (χ1) is 5.63. The SMILES string of the molecule is CC(=O)C(=O)C(Cl)c1cccs1. The molecule has 1 unspecified atom stereocenters. The van der Waals surface area contributed by atoms with Crippen molar-refractivity contribution in [3.8, 4) is 0 Å². The molecule has 0 aliphatic rings. The Morgan fingerprint density at radius 2 is 2.25 bits per heavy atom. The predicted molar refractivity (Wildman–Crippen MR) is 48.6 cm³/mol. The second-order valence-electron chi connectivity index (χ2n) is 2.30. The fourth-order valence-electron chi connectivity index (χ4n) is 0.743. The number of carbonyl (C=O) groups is 2. The van der Waals surface area contributed by atoms with Crippen LogP contribution in [0.3, 0.4) is 0 Å². The minimum Gasteiger partial charge on any atom is -0.291 e. The van der Waals surface area contributed by atoms with E-state index in [1.165, 1.54) is 18.3 Å². The summed E-state index contributed by atoms with van der Waals surface area (Å²) in [6.07, 6.45) is 0. The smallest absolute Gasteiger partial charge is 0.221 e. The molecule has 2 nitrogen and oxygen atoms in total. The Morgan fingerprint density at radius 1 is 1.58 bits per heavy atom. The summed E-state index contributed by atoms with van der Waals surface area (Å²) in [4.78, 5) is 22.4. The summed E-state index contributed by atoms with van der Waals surface area (Å²) in [5.41, 5.74) is 0. The van der Waals surface area contributed by atoms with Gasteiger partial charge in [0.2, 0.25) is 5.78 Å². The van der Waals surface area contributed by atoms with Crippen LogP contribution in [-0.2, 0) is 9.59 Å². The minimum absolute atomic E-state index is 0.497. The molecular weight excluding hydrogens is 196 g/mol. The van der Waals surface area contributed by atoms with E-state index in [1.54, 1.807) is 12.1 Å². The van der Waals surface area contributed by atoms with Crippen molar-refractivity contribution in [3.05, 3.63) is 22.4 Å². The first-order valence-corrected chi connectivity index (χ1v) is 4.67. The third kappa shape index (κ3) is 1.93. The third-order valence-electron chi connectivity index (χ3n) is 1.37. The van der Waals surface area contributed by atoms with Crippen molar-refractivity contribution in [2.75, 3.05) is 0 Å². The monoisotopic (exact) mass is 202 g/mol. The fraction of sp³-hybridized carbons (Fsp3) is 0.250. The van der Waals surface area contributed by atoms with Gasteiger partial charge in [0.05, 0.1) is 0 Å². The molecule has 12 heavy (non-hydrogen) atoms. The Morgan fingerprint density at radius 3 is 2.67 bits per heavy atom. The van der Waals surface area contributed by atoms with Crippen molar-refractivity contribution in [2.45, 2.75) is 12.3 Å². The zero-order valence-corrected chi connectivity index (χ0v) is 7.98. The number of carbonyl (C=O) groups excluding carboxylic acids is 2. The third-order valence-corrected chi connectivity index (χ3v) is 2.87. The summed E-state index contributed by atoms with van der Waals surface area (Å²) in [6, 6.07) is 3.53. The summed E-state index contributed by atoms with van der Waals surface area (Å²) < 4.78 is 0. The van der Waals surface area contributed by atoms with Gasteiger partial charge in [0, 0.05) is 11.8 Å². The van der Waals surface area contributed by atoms with Crippen LogP contribution in [0.15, 0.2) is 17.5 Å². The second-order valence-corrected chi connectivity index (χ2v) is 3.71. The average Bonchev–Trinajstić information content (AvgIpc) is 2.53. The maximum Gasteiger partial charge on any atom is 0.221 e. The van der Waals surface area contributed by atoms with Crippen LogP contribution in [0.1, 0.15) is 17.2 Å². The van der Waals surface area contributed by atoms with Crippen LogP contribution in [0.5, 0.6) is 0 Å². The fourth-order valence-corrected chi connectivity index (χ4v) is 1.82. The Bertz CT molecular complexity index is 292. The summed E-state index contributed by atoms with van der Waals surface area (Å²) in [5.74, 6) is -1.04. The van der Waals surface area contributed by atoms with Crippen LogP contribution >= 0.6 is 22.9 Å². The van der Waals surface area contributed by atoms with E-state index in [1.807, 2.05) is 5.38 Å². The molecule has 64 valence electrons. The van der Waals surface area contributed by atoms with Crippen molar-refractivity contribution < 1.29 is 9.59 Å². The van der Waals surface area contributed by atoms with E-state index in [4.69, 9.17) is 11.6 Å². The lowest BCUT2D eigenvalue weighted by Crippen LogP contribution is -2.14. The molecule has 4 heteroatoms. The molecule has 1 aromatic rings. The lowest BCUT2D eigenvalue weighted by atomic mass is 10.2. The van der Waals surface area contributed by atoms with E-state index in [0.717, 1.165) is 4.88 Å². The van der Waals surface area contributed by atoms with E-state index in [-0.39, 0.29) is 0 Å². The van der Waals surface area contributed by atoms with E-state index in [2.05, 4.69) is 0 Å². The molecule has 1 aromatic heterocycles. The number of hydrogen-bond acceptors (Lipinski definition) is 3. The number of halogens is 1. The average molecular weight is 203 g/mol. The van der Waals surface area contributed by atoms with E-state index < -0.39 is 16.9 Å². The molecule has 0 saturated heterocycles. The van der Waals surface area contributed by atoms with Crippen LogP contribution in [-0.4, -0.2) is 11.6 Å². The largest absolute Gasteiger partial charge is 0.291 e. The maximum absolute atomic E-state index is 11.1. The van der Waals surface area contributed by atoms with Crippen molar-refractivity contribution >= 4 is 34.5 Å². The molecule has 0 fully saturated rings. The Hall–Kier alpha value is -0.670. The Kier molecular flexibility index (Phi) is 3.00. The lowest BCUT2D eigenvalue weighted by molar-refractivity contribution is -0.135. The van der Waals surface area contributed by atoms with Gasteiger partial charge in [-0.15, -0.1) is 22.9 Å². The van der Waals surface area contributed by atoms with Gasteiger partial charge in [-0.25, -0.2) is 0 Å². The number of alkyl halides is 1. The van der Waals surface area contributed by atoms with E-state index in [9.17, 15) is 9.59 Å². The van der Waals surface area contributed by atoms with Gasteiger partial charge in [-0.1, -0.05) is 6.07 Å². The highest BCUT2D eigenvalue weighted by atomic mass is 35.5. The standard InChI is InChI=1S/C8H7ClO2S/c1-5(10)8(11)7(9)6-3-2-4-12-6/h2-4,7H,1H3. The number of hydrogen-bond donors (Lipinski definition) is 0. The Labute approximate surface area is 79.2 Å². The van der Waals surface area contributed by atoms with Crippen LogP contribution in [0.2, 0.25) is 0 Å². The van der Waals surface area contributed by atoms with Crippen molar-refractivity contribution in [3.63, 3.8) is 0 Å². The second kappa shape index (κ2) is 3.83. The Balaban J connectivity index is 2.79. The van der Waals surface area contributed by atoms with Gasteiger partial charge in [-0.2, -0.15) is 0 Å². The van der Waals surface area contributed by atoms with Gasteiger partial charge < -0.3 is 0 Å². The molecule has 0 radical (unpaired) electrons. The van der Waals surface area contributed by atoms with Crippen molar-refractivity contribution in [1.82, 2.24) is 0 Å².